The Hall–Kier alpha value is -1.66. The van der Waals surface area contributed by atoms with E-state index in [2.05, 4.69) is 27.0 Å². The van der Waals surface area contributed by atoms with Gasteiger partial charge in [-0.15, -0.1) is 0 Å². The summed E-state index contributed by atoms with van der Waals surface area (Å²) in [5.41, 5.74) is 9.73. The Kier molecular flexibility index (Phi) is 3.14. The number of rotatable bonds is 2. The number of carbonyl (C=O) groups is 1. The predicted molar refractivity (Wildman–Crippen MR) is 81.3 cm³/mol. The third-order valence-corrected chi connectivity index (χ3v) is 4.31. The smallest absolute Gasteiger partial charge is 0.231 e. The fourth-order valence-corrected chi connectivity index (χ4v) is 3.32. The number of halogens is 1. The fraction of sp³-hybridized carbons (Fsp3) is 0.286. The van der Waals surface area contributed by atoms with E-state index in [1.165, 1.54) is 0 Å². The molecule has 1 aliphatic heterocycles. The first-order valence-electron chi connectivity index (χ1n) is 6.34. The van der Waals surface area contributed by atoms with Crippen molar-refractivity contribution in [2.24, 2.45) is 12.8 Å². The normalized spacial score (nSPS) is 14.0. The summed E-state index contributed by atoms with van der Waals surface area (Å²) in [5, 5.41) is 0. The summed E-state index contributed by atoms with van der Waals surface area (Å²) in [6.07, 6.45) is 0.457. The molecule has 0 atom stereocenters. The number of likely N-dealkylation sites (N-methyl/N-ethyl adjacent to an activating group) is 1. The van der Waals surface area contributed by atoms with E-state index in [4.69, 9.17) is 5.73 Å². The Labute approximate surface area is 125 Å². The molecule has 0 saturated carbocycles. The molecule has 0 radical (unpaired) electrons. The van der Waals surface area contributed by atoms with Gasteiger partial charge >= 0.3 is 0 Å². The zero-order chi connectivity index (χ0) is 14.4. The van der Waals surface area contributed by atoms with Gasteiger partial charge in [-0.05, 0) is 33.6 Å². The Morgan fingerprint density at radius 3 is 2.80 bits per heavy atom. The molecule has 2 aromatic rings. The molecular weight excluding hydrogens is 320 g/mol. The van der Waals surface area contributed by atoms with Crippen molar-refractivity contribution in [1.29, 1.82) is 0 Å². The minimum absolute atomic E-state index is 0.129. The quantitative estimate of drug-likeness (QED) is 0.911. The van der Waals surface area contributed by atoms with Crippen molar-refractivity contribution < 1.29 is 4.79 Å². The van der Waals surface area contributed by atoms with Gasteiger partial charge in [0.15, 0.2) is 0 Å². The number of aromatic nitrogens is 2. The van der Waals surface area contributed by atoms with Crippen molar-refractivity contribution >= 4 is 27.5 Å². The van der Waals surface area contributed by atoms with Gasteiger partial charge < -0.3 is 15.2 Å². The highest BCUT2D eigenvalue weighted by Gasteiger charge is 2.25. The zero-order valence-corrected chi connectivity index (χ0v) is 12.9. The molecule has 0 bridgehead atoms. The minimum atomic E-state index is 0.129. The van der Waals surface area contributed by atoms with Crippen LogP contribution in [0.15, 0.2) is 22.8 Å². The average molecular weight is 335 g/mol. The Bertz CT molecular complexity index is 707. The lowest BCUT2D eigenvalue weighted by atomic mass is 10.1. The molecule has 1 aliphatic rings. The molecule has 3 rings (SSSR count). The number of imidazole rings is 1. The van der Waals surface area contributed by atoms with E-state index >= 15 is 0 Å². The van der Waals surface area contributed by atoms with Gasteiger partial charge in [-0.3, -0.25) is 4.79 Å². The van der Waals surface area contributed by atoms with Crippen molar-refractivity contribution in [3.05, 3.63) is 34.2 Å². The summed E-state index contributed by atoms with van der Waals surface area (Å²) in [5.74, 6) is 0.949. The molecule has 0 saturated heterocycles. The van der Waals surface area contributed by atoms with Gasteiger partial charge in [0.25, 0.3) is 0 Å². The molecule has 0 aliphatic carbocycles. The number of nitrogens with two attached hydrogens (primary N) is 1. The van der Waals surface area contributed by atoms with Crippen LogP contribution in [0.4, 0.5) is 5.69 Å². The third-order valence-electron chi connectivity index (χ3n) is 3.76. The van der Waals surface area contributed by atoms with Crippen LogP contribution in [-0.2, 0) is 24.8 Å². The van der Waals surface area contributed by atoms with Crippen LogP contribution in [0.3, 0.4) is 0 Å². The number of hydrogen-bond donors (Lipinski definition) is 1. The largest absolute Gasteiger partial charge is 0.329 e. The second-order valence-electron chi connectivity index (χ2n) is 4.90. The van der Waals surface area contributed by atoms with Crippen LogP contribution in [0.1, 0.15) is 11.4 Å². The van der Waals surface area contributed by atoms with Crippen LogP contribution in [0.5, 0.6) is 0 Å². The molecule has 1 aromatic heterocycles. The van der Waals surface area contributed by atoms with E-state index in [1.807, 2.05) is 23.7 Å². The van der Waals surface area contributed by atoms with E-state index in [0.29, 0.717) is 13.0 Å². The van der Waals surface area contributed by atoms with Crippen LogP contribution in [0, 0.1) is 0 Å². The molecule has 0 unspecified atom stereocenters. The zero-order valence-electron chi connectivity index (χ0n) is 11.4. The van der Waals surface area contributed by atoms with Crippen molar-refractivity contribution in [1.82, 2.24) is 9.55 Å². The SMILES string of the molecule is CN1C(=O)Cc2cc(-c3c(Br)nc(CN)n3C)ccc21. The van der Waals surface area contributed by atoms with Gasteiger partial charge in [0, 0.05) is 25.3 Å². The minimum Gasteiger partial charge on any atom is -0.329 e. The molecule has 0 fully saturated rings. The monoisotopic (exact) mass is 334 g/mol. The first-order chi connectivity index (χ1) is 9.52. The number of benzene rings is 1. The topological polar surface area (TPSA) is 64.2 Å². The fourth-order valence-electron chi connectivity index (χ4n) is 2.62. The molecule has 2 N–H and O–H groups in total. The van der Waals surface area contributed by atoms with E-state index < -0.39 is 0 Å². The van der Waals surface area contributed by atoms with E-state index in [1.54, 1.807) is 11.9 Å². The van der Waals surface area contributed by atoms with Gasteiger partial charge in [0.2, 0.25) is 5.91 Å². The van der Waals surface area contributed by atoms with Crippen LogP contribution >= 0.6 is 15.9 Å². The average Bonchev–Trinajstić information content (AvgIpc) is 2.87. The lowest BCUT2D eigenvalue weighted by molar-refractivity contribution is -0.117. The van der Waals surface area contributed by atoms with Gasteiger partial charge in [0.05, 0.1) is 18.7 Å². The Morgan fingerprint density at radius 2 is 2.15 bits per heavy atom. The molecule has 104 valence electrons. The second-order valence-corrected chi connectivity index (χ2v) is 5.65. The van der Waals surface area contributed by atoms with Crippen molar-refractivity contribution in [2.75, 3.05) is 11.9 Å². The van der Waals surface area contributed by atoms with Crippen molar-refractivity contribution in [3.8, 4) is 11.3 Å². The number of fused-ring (bicyclic) bond motifs is 1. The number of amides is 1. The van der Waals surface area contributed by atoms with Crippen LogP contribution in [-0.4, -0.2) is 22.5 Å². The summed E-state index contributed by atoms with van der Waals surface area (Å²) in [6.45, 7) is 0.390. The molecule has 2 heterocycles. The maximum atomic E-state index is 11.7. The predicted octanol–water partition coefficient (Wildman–Crippen LogP) is 1.83. The summed E-state index contributed by atoms with van der Waals surface area (Å²) >= 11 is 3.48. The number of anilines is 1. The van der Waals surface area contributed by atoms with Crippen LogP contribution in [0.2, 0.25) is 0 Å². The van der Waals surface area contributed by atoms with Crippen molar-refractivity contribution in [2.45, 2.75) is 13.0 Å². The molecule has 0 spiro atoms. The number of carbonyl (C=O) groups excluding carboxylic acids is 1. The number of hydrogen-bond acceptors (Lipinski definition) is 3. The number of nitrogens with zero attached hydrogens (tertiary/aromatic N) is 3. The maximum Gasteiger partial charge on any atom is 0.231 e. The van der Waals surface area contributed by atoms with E-state index in [9.17, 15) is 4.79 Å². The highest BCUT2D eigenvalue weighted by molar-refractivity contribution is 9.10. The molecule has 20 heavy (non-hydrogen) atoms. The van der Waals surface area contributed by atoms with Crippen molar-refractivity contribution in [3.63, 3.8) is 0 Å². The highest BCUT2D eigenvalue weighted by Crippen LogP contribution is 2.34. The molecule has 6 heteroatoms. The highest BCUT2D eigenvalue weighted by atomic mass is 79.9. The van der Waals surface area contributed by atoms with E-state index in [-0.39, 0.29) is 5.91 Å². The molecular formula is C14H15BrN4O. The maximum absolute atomic E-state index is 11.7. The Balaban J connectivity index is 2.12. The molecule has 1 aromatic carbocycles. The van der Waals surface area contributed by atoms with E-state index in [0.717, 1.165) is 32.9 Å². The molecule has 5 nitrogen and oxygen atoms in total. The van der Waals surface area contributed by atoms with Gasteiger partial charge in [-0.2, -0.15) is 0 Å². The molecule has 1 amide bonds. The van der Waals surface area contributed by atoms with Crippen LogP contribution < -0.4 is 10.6 Å². The first-order valence-corrected chi connectivity index (χ1v) is 7.13. The lowest BCUT2D eigenvalue weighted by Crippen LogP contribution is -2.20. The Morgan fingerprint density at radius 1 is 1.40 bits per heavy atom. The van der Waals surface area contributed by atoms with Crippen LogP contribution in [0.25, 0.3) is 11.3 Å². The summed E-state index contributed by atoms with van der Waals surface area (Å²) in [7, 11) is 3.75. The summed E-state index contributed by atoms with van der Waals surface area (Å²) in [4.78, 5) is 17.8. The third kappa shape index (κ3) is 1.87. The standard InChI is InChI=1S/C14H15BrN4O/c1-18-10-4-3-8(5-9(10)6-12(18)20)13-14(15)17-11(7-16)19(13)2/h3-5H,6-7,16H2,1-2H3. The first kappa shape index (κ1) is 13.3. The lowest BCUT2D eigenvalue weighted by Gasteiger charge is -2.11. The second kappa shape index (κ2) is 4.71. The van der Waals surface area contributed by atoms with Gasteiger partial charge in [-0.1, -0.05) is 6.07 Å². The summed E-state index contributed by atoms with van der Waals surface area (Å²) in [6, 6.07) is 6.05. The summed E-state index contributed by atoms with van der Waals surface area (Å²) < 4.78 is 2.75. The van der Waals surface area contributed by atoms with Gasteiger partial charge in [-0.25, -0.2) is 4.98 Å². The van der Waals surface area contributed by atoms with Gasteiger partial charge in [0.1, 0.15) is 10.4 Å².